The van der Waals surface area contributed by atoms with Crippen LogP contribution in [0.25, 0.3) is 0 Å². The third-order valence-corrected chi connectivity index (χ3v) is 9.24. The normalized spacial score (nSPS) is 49.3. The number of alkyl halides is 1. The second-order valence-electron chi connectivity index (χ2n) is 9.65. The number of carbonyl (C=O) groups excluding carboxylic acids is 3. The first-order valence-corrected chi connectivity index (χ1v) is 11.1. The van der Waals surface area contributed by atoms with Crippen LogP contribution in [0.5, 0.6) is 0 Å². The van der Waals surface area contributed by atoms with E-state index in [9.17, 15) is 14.4 Å². The maximum atomic E-state index is 13.4. The molecule has 0 N–H and O–H groups in total. The zero-order chi connectivity index (χ0) is 18.0. The quantitative estimate of drug-likeness (QED) is 0.637. The van der Waals surface area contributed by atoms with E-state index in [4.69, 9.17) is 0 Å². The third-order valence-electron chi connectivity index (χ3n) is 8.68. The number of ketones is 3. The van der Waals surface area contributed by atoms with Gasteiger partial charge in [-0.15, -0.1) is 0 Å². The highest BCUT2D eigenvalue weighted by Crippen LogP contribution is 2.66. The van der Waals surface area contributed by atoms with Crippen LogP contribution in [-0.4, -0.2) is 22.7 Å². The van der Waals surface area contributed by atoms with Crippen molar-refractivity contribution in [3.63, 3.8) is 0 Å². The summed E-state index contributed by atoms with van der Waals surface area (Å²) in [6, 6.07) is 0. The van der Waals surface area contributed by atoms with Crippen LogP contribution in [0.2, 0.25) is 0 Å². The van der Waals surface area contributed by atoms with Gasteiger partial charge in [-0.3, -0.25) is 14.4 Å². The average molecular weight is 409 g/mol. The van der Waals surface area contributed by atoms with Crippen molar-refractivity contribution in [1.82, 2.24) is 0 Å². The van der Waals surface area contributed by atoms with Crippen LogP contribution in [0.1, 0.15) is 65.2 Å². The highest BCUT2D eigenvalue weighted by atomic mass is 79.9. The summed E-state index contributed by atoms with van der Waals surface area (Å²) in [7, 11) is 0. The fourth-order valence-corrected chi connectivity index (χ4v) is 7.87. The summed E-state index contributed by atoms with van der Waals surface area (Å²) in [6.45, 7) is 4.50. The van der Waals surface area contributed by atoms with Gasteiger partial charge in [0.2, 0.25) is 0 Å². The lowest BCUT2D eigenvalue weighted by atomic mass is 9.44. The van der Waals surface area contributed by atoms with E-state index in [1.165, 1.54) is 0 Å². The van der Waals surface area contributed by atoms with Crippen molar-refractivity contribution in [2.24, 2.45) is 40.4 Å². The minimum absolute atomic E-state index is 0.00670. The molecule has 4 rings (SSSR count). The number of halogens is 1. The number of fused-ring (bicyclic) bond motifs is 5. The molecular formula is C21H29BrO3. The molecule has 4 heteroatoms. The van der Waals surface area contributed by atoms with Gasteiger partial charge in [-0.25, -0.2) is 0 Å². The third kappa shape index (κ3) is 2.45. The van der Waals surface area contributed by atoms with E-state index in [-0.39, 0.29) is 28.4 Å². The lowest BCUT2D eigenvalue weighted by Crippen LogP contribution is -2.57. The number of carbonyl (C=O) groups is 3. The number of hydrogen-bond donors (Lipinski definition) is 0. The van der Waals surface area contributed by atoms with Crippen LogP contribution < -0.4 is 0 Å². The fourth-order valence-electron chi connectivity index (χ4n) is 7.48. The second-order valence-corrected chi connectivity index (χ2v) is 10.2. The predicted molar refractivity (Wildman–Crippen MR) is 99.4 cm³/mol. The van der Waals surface area contributed by atoms with E-state index in [1.54, 1.807) is 0 Å². The Morgan fingerprint density at radius 2 is 1.88 bits per heavy atom. The molecule has 0 radical (unpaired) electrons. The summed E-state index contributed by atoms with van der Waals surface area (Å²) < 4.78 is 0. The Balaban J connectivity index is 1.67. The summed E-state index contributed by atoms with van der Waals surface area (Å²) in [4.78, 5) is 37.8. The Kier molecular flexibility index (Phi) is 4.29. The lowest BCUT2D eigenvalue weighted by Gasteiger charge is -2.59. The summed E-state index contributed by atoms with van der Waals surface area (Å²) in [6.07, 6.45) is 6.97. The summed E-state index contributed by atoms with van der Waals surface area (Å²) in [5.74, 6) is 2.53. The SMILES string of the molecule is C[C@]12CCC(=O)C[C@@H]1CC[C@H]1[C@@H]3CC[C@H](C(=O)CBr)[C@@]3(C)CC(=O)[C@@H]12. The standard InChI is InChI=1S/C21H29BrO3/c1-20-8-7-13(23)9-12(20)3-4-14-15-5-6-16(18(25)11-22)21(15,2)10-17(24)19(14)20/h12,14-16,19H,3-11H2,1-2H3/t12-,14-,15-,16+,19+,20-,21-/m0/s1. The molecule has 0 aromatic carbocycles. The van der Waals surface area contributed by atoms with Gasteiger partial charge in [-0.2, -0.15) is 0 Å². The largest absolute Gasteiger partial charge is 0.300 e. The van der Waals surface area contributed by atoms with Crippen LogP contribution in [0, 0.1) is 40.4 Å². The molecule has 0 unspecified atom stereocenters. The first kappa shape index (κ1) is 17.9. The van der Waals surface area contributed by atoms with Gasteiger partial charge >= 0.3 is 0 Å². The molecule has 4 aliphatic carbocycles. The average Bonchev–Trinajstić information content (AvgIpc) is 2.91. The molecule has 7 atom stereocenters. The molecular weight excluding hydrogens is 380 g/mol. The van der Waals surface area contributed by atoms with Crippen LogP contribution in [0.3, 0.4) is 0 Å². The van der Waals surface area contributed by atoms with Gasteiger partial charge in [0.25, 0.3) is 0 Å². The molecule has 0 heterocycles. The monoisotopic (exact) mass is 408 g/mol. The first-order valence-electron chi connectivity index (χ1n) is 9.94. The van der Waals surface area contributed by atoms with Crippen molar-refractivity contribution >= 4 is 33.3 Å². The smallest absolute Gasteiger partial charge is 0.147 e. The van der Waals surface area contributed by atoms with Gasteiger partial charge in [0.15, 0.2) is 0 Å². The Hall–Kier alpha value is -0.510. The Labute approximate surface area is 158 Å². The van der Waals surface area contributed by atoms with Crippen molar-refractivity contribution in [2.45, 2.75) is 65.2 Å². The Bertz CT molecular complexity index is 629. The number of Topliss-reactive ketones (excluding diaryl/α,β-unsaturated/α-hetero) is 3. The van der Waals surface area contributed by atoms with Gasteiger partial charge in [0, 0.05) is 31.1 Å². The molecule has 0 aromatic heterocycles. The fraction of sp³-hybridized carbons (Fsp3) is 0.857. The Morgan fingerprint density at radius 1 is 1.12 bits per heavy atom. The highest BCUT2D eigenvalue weighted by Gasteiger charge is 2.63. The molecule has 25 heavy (non-hydrogen) atoms. The maximum Gasteiger partial charge on any atom is 0.147 e. The van der Waals surface area contributed by atoms with Crippen LogP contribution in [-0.2, 0) is 14.4 Å². The summed E-state index contributed by atoms with van der Waals surface area (Å²) in [5.41, 5.74) is -0.135. The van der Waals surface area contributed by atoms with E-state index in [2.05, 4.69) is 29.8 Å². The topological polar surface area (TPSA) is 51.2 Å². The molecule has 0 saturated heterocycles. The van der Waals surface area contributed by atoms with E-state index >= 15 is 0 Å². The lowest BCUT2D eigenvalue weighted by molar-refractivity contribution is -0.161. The zero-order valence-electron chi connectivity index (χ0n) is 15.4. The molecule has 4 fully saturated rings. The van der Waals surface area contributed by atoms with Gasteiger partial charge in [0.1, 0.15) is 17.3 Å². The van der Waals surface area contributed by atoms with Crippen molar-refractivity contribution < 1.29 is 14.4 Å². The van der Waals surface area contributed by atoms with Gasteiger partial charge in [-0.1, -0.05) is 29.8 Å². The van der Waals surface area contributed by atoms with Gasteiger partial charge in [-0.05, 0) is 60.7 Å². The highest BCUT2D eigenvalue weighted by molar-refractivity contribution is 9.09. The van der Waals surface area contributed by atoms with Gasteiger partial charge < -0.3 is 0 Å². The molecule has 4 saturated carbocycles. The van der Waals surface area contributed by atoms with Crippen molar-refractivity contribution in [2.75, 3.05) is 5.33 Å². The van der Waals surface area contributed by atoms with E-state index < -0.39 is 0 Å². The molecule has 0 amide bonds. The number of hydrogen-bond acceptors (Lipinski definition) is 3. The molecule has 4 aliphatic rings. The van der Waals surface area contributed by atoms with E-state index in [1.807, 2.05) is 0 Å². The summed E-state index contributed by atoms with van der Waals surface area (Å²) in [5, 5.41) is 0.407. The van der Waals surface area contributed by atoms with Crippen LogP contribution in [0.4, 0.5) is 0 Å². The van der Waals surface area contributed by atoms with Crippen molar-refractivity contribution in [3.8, 4) is 0 Å². The van der Waals surface area contributed by atoms with Gasteiger partial charge in [0.05, 0.1) is 5.33 Å². The predicted octanol–water partition coefficient (Wildman–Crippen LogP) is 4.36. The maximum absolute atomic E-state index is 13.4. The molecule has 0 aromatic rings. The van der Waals surface area contributed by atoms with Crippen LogP contribution >= 0.6 is 15.9 Å². The minimum Gasteiger partial charge on any atom is -0.300 e. The van der Waals surface area contributed by atoms with E-state index in [0.29, 0.717) is 53.9 Å². The minimum atomic E-state index is -0.142. The molecule has 0 aliphatic heterocycles. The second kappa shape index (κ2) is 6.00. The van der Waals surface area contributed by atoms with Crippen LogP contribution in [0.15, 0.2) is 0 Å². The van der Waals surface area contributed by atoms with E-state index in [0.717, 1.165) is 32.1 Å². The summed E-state index contributed by atoms with van der Waals surface area (Å²) >= 11 is 3.34. The molecule has 0 spiro atoms. The molecule has 138 valence electrons. The molecule has 3 nitrogen and oxygen atoms in total. The number of rotatable bonds is 2. The Morgan fingerprint density at radius 3 is 2.60 bits per heavy atom. The van der Waals surface area contributed by atoms with Crippen molar-refractivity contribution in [1.29, 1.82) is 0 Å². The van der Waals surface area contributed by atoms with Crippen molar-refractivity contribution in [3.05, 3.63) is 0 Å². The zero-order valence-corrected chi connectivity index (χ0v) is 16.9. The molecule has 0 bridgehead atoms. The first-order chi connectivity index (χ1) is 11.8.